The largest absolute Gasteiger partial charge is 0.341 e. The minimum atomic E-state index is -0.381. The Labute approximate surface area is 116 Å². The molecule has 0 saturated carbocycles. The molecule has 0 aromatic rings. The van der Waals surface area contributed by atoms with Crippen LogP contribution in [-0.4, -0.2) is 53.8 Å². The van der Waals surface area contributed by atoms with Crippen molar-refractivity contribution in [2.24, 2.45) is 5.73 Å². The normalized spacial score (nSPS) is 18.1. The summed E-state index contributed by atoms with van der Waals surface area (Å²) in [5, 5.41) is 0. The molecule has 2 N–H and O–H groups in total. The van der Waals surface area contributed by atoms with Gasteiger partial charge in [0.05, 0.1) is 6.04 Å². The van der Waals surface area contributed by atoms with E-state index in [1.165, 1.54) is 0 Å². The van der Waals surface area contributed by atoms with Crippen molar-refractivity contribution in [1.82, 2.24) is 9.80 Å². The van der Waals surface area contributed by atoms with Crippen LogP contribution in [-0.2, 0) is 9.59 Å². The fourth-order valence-corrected chi connectivity index (χ4v) is 2.39. The number of carbonyl (C=O) groups is 2. The third-order valence-electron chi connectivity index (χ3n) is 3.65. The third-order valence-corrected chi connectivity index (χ3v) is 3.65. The highest BCUT2D eigenvalue weighted by atomic mass is 16.2. The molecule has 0 aromatic heterocycles. The van der Waals surface area contributed by atoms with Crippen LogP contribution >= 0.6 is 0 Å². The molecule has 110 valence electrons. The first-order valence-electron chi connectivity index (χ1n) is 7.42. The van der Waals surface area contributed by atoms with Gasteiger partial charge in [-0.15, -0.1) is 0 Å². The highest BCUT2D eigenvalue weighted by molar-refractivity contribution is 5.82. The van der Waals surface area contributed by atoms with Crippen LogP contribution in [0.15, 0.2) is 0 Å². The van der Waals surface area contributed by atoms with Crippen molar-refractivity contribution >= 4 is 11.8 Å². The van der Waals surface area contributed by atoms with E-state index < -0.39 is 0 Å². The monoisotopic (exact) mass is 269 g/mol. The van der Waals surface area contributed by atoms with E-state index in [9.17, 15) is 9.59 Å². The fraction of sp³-hybridized carbons (Fsp3) is 0.857. The highest BCUT2D eigenvalue weighted by Gasteiger charge is 2.24. The van der Waals surface area contributed by atoms with Crippen LogP contribution < -0.4 is 5.73 Å². The van der Waals surface area contributed by atoms with Crippen LogP contribution in [0.25, 0.3) is 0 Å². The summed E-state index contributed by atoms with van der Waals surface area (Å²) in [6.07, 6.45) is 4.17. The van der Waals surface area contributed by atoms with E-state index in [0.717, 1.165) is 32.2 Å². The Hall–Kier alpha value is -1.10. The number of hydrogen-bond acceptors (Lipinski definition) is 3. The molecule has 2 amide bonds. The Morgan fingerprint density at radius 2 is 1.74 bits per heavy atom. The van der Waals surface area contributed by atoms with Gasteiger partial charge in [0.25, 0.3) is 0 Å². The molecule has 1 atom stereocenters. The zero-order valence-electron chi connectivity index (χ0n) is 12.2. The van der Waals surface area contributed by atoms with E-state index in [1.54, 1.807) is 0 Å². The minimum Gasteiger partial charge on any atom is -0.341 e. The molecule has 0 aromatic carbocycles. The third kappa shape index (κ3) is 4.82. The molecule has 0 spiro atoms. The highest BCUT2D eigenvalue weighted by Crippen LogP contribution is 2.08. The summed E-state index contributed by atoms with van der Waals surface area (Å²) in [5.74, 6) is 0.212. The molecule has 1 heterocycles. The van der Waals surface area contributed by atoms with Crippen LogP contribution in [0, 0.1) is 0 Å². The van der Waals surface area contributed by atoms with E-state index >= 15 is 0 Å². The Morgan fingerprint density at radius 1 is 1.11 bits per heavy atom. The van der Waals surface area contributed by atoms with Crippen molar-refractivity contribution in [2.75, 3.05) is 26.2 Å². The summed E-state index contributed by atoms with van der Waals surface area (Å²) in [7, 11) is 0. The lowest BCUT2D eigenvalue weighted by Crippen LogP contribution is -2.45. The molecule has 1 aliphatic rings. The Kier molecular flexibility index (Phi) is 6.84. The maximum atomic E-state index is 12.2. The molecule has 1 fully saturated rings. The Bertz CT molecular complexity index is 307. The summed E-state index contributed by atoms with van der Waals surface area (Å²) >= 11 is 0. The molecule has 0 radical (unpaired) electrons. The van der Waals surface area contributed by atoms with Crippen LogP contribution in [0.3, 0.4) is 0 Å². The lowest BCUT2D eigenvalue weighted by molar-refractivity contribution is -0.134. The maximum absolute atomic E-state index is 12.2. The molecule has 19 heavy (non-hydrogen) atoms. The maximum Gasteiger partial charge on any atom is 0.239 e. The lowest BCUT2D eigenvalue weighted by atomic mass is 10.1. The van der Waals surface area contributed by atoms with Crippen molar-refractivity contribution in [3.63, 3.8) is 0 Å². The van der Waals surface area contributed by atoms with Crippen molar-refractivity contribution in [1.29, 1.82) is 0 Å². The predicted octanol–water partition coefficient (Wildman–Crippen LogP) is 0.975. The van der Waals surface area contributed by atoms with Crippen LogP contribution in [0.2, 0.25) is 0 Å². The summed E-state index contributed by atoms with van der Waals surface area (Å²) in [5.41, 5.74) is 5.93. The van der Waals surface area contributed by atoms with Crippen LogP contribution in [0.4, 0.5) is 0 Å². The molecule has 1 rings (SSSR count). The molecule has 5 heteroatoms. The Balaban J connectivity index is 2.47. The minimum absolute atomic E-state index is 0.0410. The first-order valence-corrected chi connectivity index (χ1v) is 7.42. The van der Waals surface area contributed by atoms with Crippen LogP contribution in [0.5, 0.6) is 0 Å². The van der Waals surface area contributed by atoms with Gasteiger partial charge < -0.3 is 15.5 Å². The Morgan fingerprint density at radius 3 is 2.37 bits per heavy atom. The molecular formula is C14H27N3O2. The number of rotatable bonds is 5. The second-order valence-electron chi connectivity index (χ2n) is 5.16. The van der Waals surface area contributed by atoms with E-state index in [4.69, 9.17) is 5.73 Å². The summed E-state index contributed by atoms with van der Waals surface area (Å²) in [6.45, 7) is 6.68. The van der Waals surface area contributed by atoms with Crippen molar-refractivity contribution < 1.29 is 9.59 Å². The first kappa shape index (κ1) is 16.0. The van der Waals surface area contributed by atoms with Crippen LogP contribution in [0.1, 0.15) is 46.0 Å². The van der Waals surface area contributed by atoms with E-state index in [1.807, 2.05) is 16.7 Å². The number of nitrogens with two attached hydrogens (primary N) is 1. The standard InChI is InChI=1S/C14H27N3O2/c1-3-5-7-12(15)14(19)17-9-6-8-16(10-11-17)13(18)4-2/h12H,3-11,15H2,1-2H3/t12-/m0/s1. The van der Waals surface area contributed by atoms with Gasteiger partial charge in [0, 0.05) is 32.6 Å². The number of amides is 2. The quantitative estimate of drug-likeness (QED) is 0.809. The summed E-state index contributed by atoms with van der Waals surface area (Å²) in [4.78, 5) is 27.5. The van der Waals surface area contributed by atoms with Gasteiger partial charge in [-0.1, -0.05) is 26.7 Å². The van der Waals surface area contributed by atoms with E-state index in [2.05, 4.69) is 6.92 Å². The second-order valence-corrected chi connectivity index (χ2v) is 5.16. The molecule has 0 aliphatic carbocycles. The number of unbranched alkanes of at least 4 members (excludes halogenated alkanes) is 1. The number of nitrogens with zero attached hydrogens (tertiary/aromatic N) is 2. The van der Waals surface area contributed by atoms with Gasteiger partial charge in [0.2, 0.25) is 11.8 Å². The second kappa shape index (κ2) is 8.15. The number of hydrogen-bond donors (Lipinski definition) is 1. The molecule has 0 unspecified atom stereocenters. The van der Waals surface area contributed by atoms with Gasteiger partial charge >= 0.3 is 0 Å². The van der Waals surface area contributed by atoms with E-state index in [0.29, 0.717) is 26.1 Å². The molecule has 1 saturated heterocycles. The van der Waals surface area contributed by atoms with Gasteiger partial charge in [-0.05, 0) is 12.8 Å². The number of carbonyl (C=O) groups excluding carboxylic acids is 2. The SMILES string of the molecule is CCCC[C@H](N)C(=O)N1CCCN(C(=O)CC)CC1. The van der Waals surface area contributed by atoms with Gasteiger partial charge in [-0.2, -0.15) is 0 Å². The topological polar surface area (TPSA) is 66.6 Å². The van der Waals surface area contributed by atoms with E-state index in [-0.39, 0.29) is 17.9 Å². The van der Waals surface area contributed by atoms with Gasteiger partial charge in [0.1, 0.15) is 0 Å². The van der Waals surface area contributed by atoms with Crippen molar-refractivity contribution in [3.8, 4) is 0 Å². The van der Waals surface area contributed by atoms with Gasteiger partial charge in [-0.3, -0.25) is 9.59 Å². The summed E-state index contributed by atoms with van der Waals surface area (Å²) in [6, 6.07) is -0.381. The molecule has 5 nitrogen and oxygen atoms in total. The van der Waals surface area contributed by atoms with Crippen molar-refractivity contribution in [3.05, 3.63) is 0 Å². The van der Waals surface area contributed by atoms with Gasteiger partial charge in [0.15, 0.2) is 0 Å². The average Bonchev–Trinajstić information content (AvgIpc) is 2.68. The van der Waals surface area contributed by atoms with Crippen molar-refractivity contribution in [2.45, 2.75) is 52.0 Å². The van der Waals surface area contributed by atoms with Gasteiger partial charge in [-0.25, -0.2) is 0 Å². The molecule has 1 aliphatic heterocycles. The molecule has 0 bridgehead atoms. The fourth-order valence-electron chi connectivity index (χ4n) is 2.39. The average molecular weight is 269 g/mol. The predicted molar refractivity (Wildman–Crippen MR) is 75.6 cm³/mol. The first-order chi connectivity index (χ1) is 9.10. The zero-order chi connectivity index (χ0) is 14.3. The molecular weight excluding hydrogens is 242 g/mol. The summed E-state index contributed by atoms with van der Waals surface area (Å²) < 4.78 is 0. The zero-order valence-corrected chi connectivity index (χ0v) is 12.2. The smallest absolute Gasteiger partial charge is 0.239 e. The lowest BCUT2D eigenvalue weighted by Gasteiger charge is -2.24.